The molecule has 31 heavy (non-hydrogen) atoms. The third kappa shape index (κ3) is 4.94. The Morgan fingerprint density at radius 1 is 1.00 bits per heavy atom. The minimum Gasteiger partial charge on any atom is -0.493 e. The maximum atomic E-state index is 11.0. The van der Waals surface area contributed by atoms with Crippen LogP contribution in [0, 0.1) is 6.92 Å². The van der Waals surface area contributed by atoms with E-state index in [1.54, 1.807) is 0 Å². The van der Waals surface area contributed by atoms with Gasteiger partial charge in [-0.3, -0.25) is 9.48 Å². The minimum absolute atomic E-state index is 0.106. The Morgan fingerprint density at radius 3 is 2.55 bits per heavy atom. The topological polar surface area (TPSA) is 64.3 Å². The number of nitrogens with zero attached hydrogens (tertiary/aromatic N) is 2. The van der Waals surface area contributed by atoms with E-state index in [0.29, 0.717) is 13.0 Å². The predicted octanol–water partition coefficient (Wildman–Crippen LogP) is 5.19. The highest BCUT2D eigenvalue weighted by Gasteiger charge is 2.11. The van der Waals surface area contributed by atoms with Crippen molar-refractivity contribution >= 4 is 16.9 Å². The lowest BCUT2D eigenvalue weighted by atomic mass is 9.99. The summed E-state index contributed by atoms with van der Waals surface area (Å²) < 4.78 is 8.04. The molecule has 5 nitrogen and oxygen atoms in total. The molecule has 0 radical (unpaired) electrons. The molecule has 0 atom stereocenters. The van der Waals surface area contributed by atoms with Gasteiger partial charge in [0.25, 0.3) is 0 Å². The Labute approximate surface area is 181 Å². The molecule has 158 valence electrons. The number of carboxylic acids is 1. The molecule has 0 saturated carbocycles. The van der Waals surface area contributed by atoms with Gasteiger partial charge >= 0.3 is 5.97 Å². The second kappa shape index (κ2) is 9.04. The minimum atomic E-state index is -0.795. The predicted molar refractivity (Wildman–Crippen MR) is 122 cm³/mol. The molecule has 0 aliphatic carbocycles. The van der Waals surface area contributed by atoms with Gasteiger partial charge in [-0.1, -0.05) is 42.0 Å². The Kier molecular flexibility index (Phi) is 6.03. The number of aromatic nitrogens is 2. The van der Waals surface area contributed by atoms with Crippen LogP contribution < -0.4 is 4.74 Å². The van der Waals surface area contributed by atoms with Crippen LogP contribution >= 0.6 is 0 Å². The maximum Gasteiger partial charge on any atom is 0.303 e. The van der Waals surface area contributed by atoms with Gasteiger partial charge in [-0.05, 0) is 54.3 Å². The van der Waals surface area contributed by atoms with E-state index >= 15 is 0 Å². The van der Waals surface area contributed by atoms with Gasteiger partial charge in [0.05, 0.1) is 18.3 Å². The van der Waals surface area contributed by atoms with E-state index in [0.717, 1.165) is 39.8 Å². The van der Waals surface area contributed by atoms with Crippen LogP contribution in [-0.4, -0.2) is 27.5 Å². The van der Waals surface area contributed by atoms with Crippen molar-refractivity contribution in [1.82, 2.24) is 9.78 Å². The SMILES string of the molecule is Cc1ccc(CCOc2ccc(CCC(=O)O)cc2-c2ccc3c(cnn3C)c2)cc1. The Hall–Kier alpha value is -3.60. The second-order valence-electron chi connectivity index (χ2n) is 7.85. The van der Waals surface area contributed by atoms with E-state index in [9.17, 15) is 4.79 Å². The fourth-order valence-corrected chi connectivity index (χ4v) is 3.70. The quantitative estimate of drug-likeness (QED) is 0.431. The van der Waals surface area contributed by atoms with Crippen molar-refractivity contribution in [1.29, 1.82) is 0 Å². The van der Waals surface area contributed by atoms with Gasteiger partial charge in [0.1, 0.15) is 5.75 Å². The van der Waals surface area contributed by atoms with Crippen LogP contribution in [0.2, 0.25) is 0 Å². The van der Waals surface area contributed by atoms with Crippen LogP contribution in [0.4, 0.5) is 0 Å². The average Bonchev–Trinajstić information content (AvgIpc) is 3.14. The van der Waals surface area contributed by atoms with Gasteiger partial charge in [-0.2, -0.15) is 5.10 Å². The molecule has 1 heterocycles. The Balaban J connectivity index is 1.61. The fraction of sp³-hybridized carbons (Fsp3) is 0.231. The first-order chi connectivity index (χ1) is 15.0. The smallest absolute Gasteiger partial charge is 0.303 e. The molecule has 3 aromatic carbocycles. The second-order valence-corrected chi connectivity index (χ2v) is 7.85. The summed E-state index contributed by atoms with van der Waals surface area (Å²) in [7, 11) is 1.92. The van der Waals surface area contributed by atoms with Crippen molar-refractivity contribution < 1.29 is 14.6 Å². The largest absolute Gasteiger partial charge is 0.493 e. The molecular weight excluding hydrogens is 388 g/mol. The van der Waals surface area contributed by atoms with Crippen LogP contribution in [0.15, 0.2) is 66.9 Å². The van der Waals surface area contributed by atoms with Crippen LogP contribution in [-0.2, 0) is 24.7 Å². The van der Waals surface area contributed by atoms with Gasteiger partial charge in [-0.25, -0.2) is 0 Å². The number of aliphatic carboxylic acids is 1. The summed E-state index contributed by atoms with van der Waals surface area (Å²) in [5.41, 5.74) is 6.53. The molecule has 0 spiro atoms. The van der Waals surface area contributed by atoms with Gasteiger partial charge in [0.2, 0.25) is 0 Å². The summed E-state index contributed by atoms with van der Waals surface area (Å²) in [6.07, 6.45) is 3.27. The number of hydrogen-bond donors (Lipinski definition) is 1. The molecule has 0 saturated heterocycles. The first-order valence-electron chi connectivity index (χ1n) is 10.4. The van der Waals surface area contributed by atoms with Crippen molar-refractivity contribution in [3.63, 3.8) is 0 Å². The molecule has 0 fully saturated rings. The summed E-state index contributed by atoms with van der Waals surface area (Å²) in [6.45, 7) is 2.65. The van der Waals surface area contributed by atoms with E-state index in [1.807, 2.05) is 36.1 Å². The van der Waals surface area contributed by atoms with Crippen molar-refractivity contribution in [3.05, 3.63) is 83.6 Å². The lowest BCUT2D eigenvalue weighted by molar-refractivity contribution is -0.136. The zero-order chi connectivity index (χ0) is 21.8. The fourth-order valence-electron chi connectivity index (χ4n) is 3.70. The molecule has 4 rings (SSSR count). The number of fused-ring (bicyclic) bond motifs is 1. The molecule has 0 bridgehead atoms. The average molecular weight is 415 g/mol. The Bertz CT molecular complexity index is 1210. The maximum absolute atomic E-state index is 11.0. The zero-order valence-electron chi connectivity index (χ0n) is 17.8. The van der Waals surface area contributed by atoms with Crippen LogP contribution in [0.5, 0.6) is 5.75 Å². The van der Waals surface area contributed by atoms with Gasteiger partial charge in [-0.15, -0.1) is 0 Å². The lowest BCUT2D eigenvalue weighted by Crippen LogP contribution is -2.03. The summed E-state index contributed by atoms with van der Waals surface area (Å²) in [5.74, 6) is 0.00572. The van der Waals surface area contributed by atoms with Gasteiger partial charge in [0, 0.05) is 30.8 Å². The zero-order valence-corrected chi connectivity index (χ0v) is 17.8. The normalized spacial score (nSPS) is 11.0. The molecular formula is C26H26N2O3. The molecule has 5 heteroatoms. The first kappa shape index (κ1) is 20.7. The summed E-state index contributed by atoms with van der Waals surface area (Å²) in [4.78, 5) is 11.0. The number of carbonyl (C=O) groups is 1. The standard InChI is InChI=1S/C26H26N2O3/c1-18-3-5-19(6-4-18)13-14-31-25-11-7-20(8-12-26(29)30)15-23(25)21-9-10-24-22(16-21)17-27-28(24)2/h3-7,9-11,15-17H,8,12-14H2,1-2H3,(H,29,30). The van der Waals surface area contributed by atoms with E-state index in [2.05, 4.69) is 54.5 Å². The number of hydrogen-bond acceptors (Lipinski definition) is 3. The van der Waals surface area contributed by atoms with Crippen LogP contribution in [0.25, 0.3) is 22.0 Å². The highest BCUT2D eigenvalue weighted by Crippen LogP contribution is 2.33. The number of rotatable bonds is 8. The molecule has 0 amide bonds. The molecule has 4 aromatic rings. The molecule has 0 aliphatic rings. The number of ether oxygens (including phenoxy) is 1. The summed E-state index contributed by atoms with van der Waals surface area (Å²) >= 11 is 0. The van der Waals surface area contributed by atoms with Crippen molar-refractivity contribution in [2.75, 3.05) is 6.61 Å². The molecule has 1 N–H and O–H groups in total. The Morgan fingerprint density at radius 2 is 1.77 bits per heavy atom. The molecule has 1 aromatic heterocycles. The highest BCUT2D eigenvalue weighted by molar-refractivity contribution is 5.86. The van der Waals surface area contributed by atoms with E-state index in [1.165, 1.54) is 11.1 Å². The first-order valence-corrected chi connectivity index (χ1v) is 10.4. The van der Waals surface area contributed by atoms with E-state index < -0.39 is 5.97 Å². The van der Waals surface area contributed by atoms with Gasteiger partial charge < -0.3 is 9.84 Å². The van der Waals surface area contributed by atoms with Crippen molar-refractivity contribution in [2.45, 2.75) is 26.2 Å². The van der Waals surface area contributed by atoms with Crippen LogP contribution in [0.1, 0.15) is 23.1 Å². The molecule has 0 unspecified atom stereocenters. The van der Waals surface area contributed by atoms with Crippen molar-refractivity contribution in [3.8, 4) is 16.9 Å². The van der Waals surface area contributed by atoms with E-state index in [-0.39, 0.29) is 6.42 Å². The van der Waals surface area contributed by atoms with Gasteiger partial charge in [0.15, 0.2) is 0 Å². The summed E-state index contributed by atoms with van der Waals surface area (Å²) in [6, 6.07) is 20.7. The number of benzene rings is 3. The third-order valence-corrected chi connectivity index (χ3v) is 5.50. The number of aryl methyl sites for hydroxylation is 3. The van der Waals surface area contributed by atoms with E-state index in [4.69, 9.17) is 9.84 Å². The third-order valence-electron chi connectivity index (χ3n) is 5.50. The molecule has 0 aliphatic heterocycles. The van der Waals surface area contributed by atoms with Crippen LogP contribution in [0.3, 0.4) is 0 Å². The lowest BCUT2D eigenvalue weighted by Gasteiger charge is -2.14. The number of carboxylic acid groups (broad SMARTS) is 1. The summed E-state index contributed by atoms with van der Waals surface area (Å²) in [5, 5.41) is 14.4. The highest BCUT2D eigenvalue weighted by atomic mass is 16.5. The monoisotopic (exact) mass is 414 g/mol. The van der Waals surface area contributed by atoms with Crippen molar-refractivity contribution in [2.24, 2.45) is 7.05 Å².